The van der Waals surface area contributed by atoms with Crippen LogP contribution in [0.5, 0.6) is 0 Å². The number of carbonyl (C=O) groups is 1. The fraction of sp³-hybridized carbons (Fsp3) is 0.0625. The number of hydrogen-bond donors (Lipinski definition) is 0. The van der Waals surface area contributed by atoms with Crippen molar-refractivity contribution in [1.82, 2.24) is 0 Å². The van der Waals surface area contributed by atoms with E-state index >= 15 is 0 Å². The Labute approximate surface area is 125 Å². The number of hydrogen-bond acceptors (Lipinski definition) is 2. The molecule has 0 spiro atoms. The zero-order valence-electron chi connectivity index (χ0n) is 10.5. The van der Waals surface area contributed by atoms with Crippen LogP contribution in [0.4, 0.5) is 0 Å². The molecular formula is C16H13BrOS. The minimum Gasteiger partial charge on any atom is -0.289 e. The standard InChI is InChI=1S/C16H13BrOS/c1-12(17)15(13-5-3-2-4-6-13)7-8-16(18)14-9-10-19-11-14/h2-11H,1H3/b8-7+,15-12-. The molecule has 0 aliphatic rings. The van der Waals surface area contributed by atoms with E-state index in [2.05, 4.69) is 15.9 Å². The van der Waals surface area contributed by atoms with Crippen LogP contribution in [-0.2, 0) is 0 Å². The first-order chi connectivity index (χ1) is 9.18. The third kappa shape index (κ3) is 3.75. The molecule has 1 heterocycles. The summed E-state index contributed by atoms with van der Waals surface area (Å²) in [5.41, 5.74) is 2.84. The van der Waals surface area contributed by atoms with Gasteiger partial charge in [0.1, 0.15) is 0 Å². The highest BCUT2D eigenvalue weighted by atomic mass is 79.9. The van der Waals surface area contributed by atoms with E-state index in [1.165, 1.54) is 11.3 Å². The molecule has 1 nitrogen and oxygen atoms in total. The lowest BCUT2D eigenvalue weighted by molar-refractivity contribution is 0.104. The molecule has 2 aromatic rings. The minimum absolute atomic E-state index is 0.0310. The summed E-state index contributed by atoms with van der Waals surface area (Å²) in [4.78, 5) is 11.9. The summed E-state index contributed by atoms with van der Waals surface area (Å²) in [5.74, 6) is 0.0310. The molecule has 0 atom stereocenters. The molecule has 0 aliphatic heterocycles. The van der Waals surface area contributed by atoms with E-state index in [1.807, 2.05) is 60.2 Å². The van der Waals surface area contributed by atoms with Crippen molar-refractivity contribution in [2.45, 2.75) is 6.92 Å². The number of carbonyl (C=O) groups excluding carboxylic acids is 1. The highest BCUT2D eigenvalue weighted by Gasteiger charge is 2.04. The van der Waals surface area contributed by atoms with Gasteiger partial charge in [-0.05, 0) is 46.1 Å². The molecule has 19 heavy (non-hydrogen) atoms. The SMILES string of the molecule is C/C(Br)=C(\C=C\C(=O)c1ccsc1)c1ccccc1. The maximum atomic E-state index is 11.9. The molecular weight excluding hydrogens is 320 g/mol. The Hall–Kier alpha value is -1.45. The molecule has 96 valence electrons. The average molecular weight is 333 g/mol. The zero-order valence-corrected chi connectivity index (χ0v) is 12.9. The third-order valence-electron chi connectivity index (χ3n) is 2.66. The fourth-order valence-electron chi connectivity index (χ4n) is 1.69. The predicted octanol–water partition coefficient (Wildman–Crippen LogP) is 5.31. The fourth-order valence-corrected chi connectivity index (χ4v) is 2.69. The lowest BCUT2D eigenvalue weighted by atomic mass is 10.0. The van der Waals surface area contributed by atoms with E-state index in [0.717, 1.165) is 21.2 Å². The van der Waals surface area contributed by atoms with Crippen LogP contribution in [0.3, 0.4) is 0 Å². The number of thiophene rings is 1. The maximum absolute atomic E-state index is 11.9. The number of rotatable bonds is 4. The van der Waals surface area contributed by atoms with Crippen molar-refractivity contribution in [2.75, 3.05) is 0 Å². The molecule has 1 aromatic carbocycles. The summed E-state index contributed by atoms with van der Waals surface area (Å²) < 4.78 is 1.01. The van der Waals surface area contributed by atoms with Crippen molar-refractivity contribution in [1.29, 1.82) is 0 Å². The Bertz CT molecular complexity index is 605. The Morgan fingerprint density at radius 2 is 1.84 bits per heavy atom. The molecule has 0 radical (unpaired) electrons. The maximum Gasteiger partial charge on any atom is 0.186 e. The van der Waals surface area contributed by atoms with Crippen molar-refractivity contribution in [3.05, 3.63) is 74.9 Å². The molecule has 0 saturated carbocycles. The van der Waals surface area contributed by atoms with Crippen LogP contribution in [0.25, 0.3) is 5.57 Å². The van der Waals surface area contributed by atoms with Crippen molar-refractivity contribution in [3.8, 4) is 0 Å². The van der Waals surface area contributed by atoms with Crippen molar-refractivity contribution in [3.63, 3.8) is 0 Å². The predicted molar refractivity (Wildman–Crippen MR) is 85.8 cm³/mol. The van der Waals surface area contributed by atoms with E-state index in [4.69, 9.17) is 0 Å². The van der Waals surface area contributed by atoms with Crippen LogP contribution in [0.1, 0.15) is 22.8 Å². The van der Waals surface area contributed by atoms with Crippen molar-refractivity contribution < 1.29 is 4.79 Å². The average Bonchev–Trinajstić information content (AvgIpc) is 2.93. The monoisotopic (exact) mass is 332 g/mol. The smallest absolute Gasteiger partial charge is 0.186 e. The van der Waals surface area contributed by atoms with E-state index in [-0.39, 0.29) is 5.78 Å². The van der Waals surface area contributed by atoms with Gasteiger partial charge in [0, 0.05) is 10.9 Å². The summed E-state index contributed by atoms with van der Waals surface area (Å²) in [6, 6.07) is 11.8. The lowest BCUT2D eigenvalue weighted by Crippen LogP contribution is -1.91. The zero-order chi connectivity index (χ0) is 13.7. The van der Waals surface area contributed by atoms with Crippen LogP contribution < -0.4 is 0 Å². The van der Waals surface area contributed by atoms with Crippen molar-refractivity contribution >= 4 is 38.6 Å². The highest BCUT2D eigenvalue weighted by molar-refractivity contribution is 9.11. The van der Waals surface area contributed by atoms with Crippen LogP contribution in [0.2, 0.25) is 0 Å². The van der Waals surface area contributed by atoms with Gasteiger partial charge in [0.25, 0.3) is 0 Å². The normalized spacial score (nSPS) is 12.5. The van der Waals surface area contributed by atoms with Gasteiger partial charge in [-0.15, -0.1) is 0 Å². The first kappa shape index (κ1) is 14.0. The summed E-state index contributed by atoms with van der Waals surface area (Å²) in [5, 5.41) is 3.77. The number of halogens is 1. The van der Waals surface area contributed by atoms with E-state index in [0.29, 0.717) is 0 Å². The second-order valence-corrected chi connectivity index (χ2v) is 5.99. The molecule has 0 N–H and O–H groups in total. The summed E-state index contributed by atoms with van der Waals surface area (Å²) in [6.45, 7) is 1.97. The first-order valence-corrected chi connectivity index (χ1v) is 7.58. The number of ketones is 1. The molecule has 0 saturated heterocycles. The highest BCUT2D eigenvalue weighted by Crippen LogP contribution is 2.24. The van der Waals surface area contributed by atoms with Gasteiger partial charge in [0.05, 0.1) is 0 Å². The molecule has 0 unspecified atom stereocenters. The number of benzene rings is 1. The van der Waals surface area contributed by atoms with Gasteiger partial charge in [-0.2, -0.15) is 11.3 Å². The molecule has 1 aromatic heterocycles. The lowest BCUT2D eigenvalue weighted by Gasteiger charge is -2.03. The van der Waals surface area contributed by atoms with E-state index < -0.39 is 0 Å². The van der Waals surface area contributed by atoms with Crippen LogP contribution in [-0.4, -0.2) is 5.78 Å². The number of allylic oxidation sites excluding steroid dienone is 4. The molecule has 0 amide bonds. The van der Waals surface area contributed by atoms with Gasteiger partial charge in [-0.1, -0.05) is 46.3 Å². The largest absolute Gasteiger partial charge is 0.289 e. The summed E-state index contributed by atoms with van der Waals surface area (Å²) in [7, 11) is 0. The Kier molecular flexibility index (Phi) is 4.88. The Morgan fingerprint density at radius 3 is 2.42 bits per heavy atom. The van der Waals surface area contributed by atoms with Gasteiger partial charge >= 0.3 is 0 Å². The van der Waals surface area contributed by atoms with Crippen LogP contribution in [0, 0.1) is 0 Å². The molecule has 0 aliphatic carbocycles. The summed E-state index contributed by atoms with van der Waals surface area (Å²) in [6.07, 6.45) is 3.48. The second kappa shape index (κ2) is 6.64. The Morgan fingerprint density at radius 1 is 1.11 bits per heavy atom. The van der Waals surface area contributed by atoms with Gasteiger partial charge < -0.3 is 0 Å². The van der Waals surface area contributed by atoms with Gasteiger partial charge in [0.2, 0.25) is 0 Å². The van der Waals surface area contributed by atoms with E-state index in [9.17, 15) is 4.79 Å². The topological polar surface area (TPSA) is 17.1 Å². The minimum atomic E-state index is 0.0310. The quantitative estimate of drug-likeness (QED) is 0.421. The summed E-state index contributed by atoms with van der Waals surface area (Å²) >= 11 is 5.02. The molecule has 0 bridgehead atoms. The third-order valence-corrected chi connectivity index (χ3v) is 3.77. The van der Waals surface area contributed by atoms with Gasteiger partial charge in [-0.3, -0.25) is 4.79 Å². The molecule has 0 fully saturated rings. The van der Waals surface area contributed by atoms with Gasteiger partial charge in [-0.25, -0.2) is 0 Å². The van der Waals surface area contributed by atoms with Crippen LogP contribution >= 0.6 is 27.3 Å². The first-order valence-electron chi connectivity index (χ1n) is 5.85. The second-order valence-electron chi connectivity index (χ2n) is 4.02. The molecule has 2 rings (SSSR count). The Balaban J connectivity index is 2.24. The van der Waals surface area contributed by atoms with Crippen molar-refractivity contribution in [2.24, 2.45) is 0 Å². The van der Waals surface area contributed by atoms with Crippen LogP contribution in [0.15, 0.2) is 63.8 Å². The van der Waals surface area contributed by atoms with E-state index in [1.54, 1.807) is 6.08 Å². The van der Waals surface area contributed by atoms with Gasteiger partial charge in [0.15, 0.2) is 5.78 Å². The molecule has 3 heteroatoms.